The number of hydrogen-bond donors (Lipinski definition) is 0. The Hall–Kier alpha value is -2.20. The average Bonchev–Trinajstić information content (AvgIpc) is 3.08. The third-order valence-electron chi connectivity index (χ3n) is 3.01. The molecule has 0 fully saturated rings. The van der Waals surface area contributed by atoms with Crippen LogP contribution in [0, 0.1) is 6.92 Å². The fraction of sp³-hybridized carbons (Fsp3) is 0.125. The number of aromatic nitrogens is 1. The highest BCUT2D eigenvalue weighted by molar-refractivity contribution is 7.17. The van der Waals surface area contributed by atoms with Gasteiger partial charge >= 0.3 is 0 Å². The molecular formula is C16H13NO2S. The Labute approximate surface area is 120 Å². The fourth-order valence-electron chi connectivity index (χ4n) is 1.88. The largest absolute Gasteiger partial charge is 0.435 e. The second-order valence-electron chi connectivity index (χ2n) is 4.62. The van der Waals surface area contributed by atoms with Crippen molar-refractivity contribution in [2.75, 3.05) is 0 Å². The standard InChI is InChI=1S/C16H13NO2S/c1-10-3-5-12(6-4-10)13-9-17-16(19-13)15-8-7-14(20-15)11(2)18/h3-9H,1-2H3. The molecule has 3 rings (SSSR count). The molecular weight excluding hydrogens is 270 g/mol. The van der Waals surface area contributed by atoms with Gasteiger partial charge in [0, 0.05) is 5.56 Å². The van der Waals surface area contributed by atoms with E-state index in [1.54, 1.807) is 19.2 Å². The average molecular weight is 283 g/mol. The van der Waals surface area contributed by atoms with Crippen molar-refractivity contribution >= 4 is 17.1 Å². The van der Waals surface area contributed by atoms with E-state index in [1.165, 1.54) is 16.9 Å². The molecule has 3 aromatic rings. The Bertz CT molecular complexity index is 753. The van der Waals surface area contributed by atoms with Gasteiger partial charge in [-0.2, -0.15) is 0 Å². The van der Waals surface area contributed by atoms with Gasteiger partial charge in [0.25, 0.3) is 0 Å². The van der Waals surface area contributed by atoms with Gasteiger partial charge in [-0.3, -0.25) is 4.79 Å². The number of ketones is 1. The molecule has 0 atom stereocenters. The Balaban J connectivity index is 1.93. The number of Topliss-reactive ketones (excluding diaryl/α,β-unsaturated/α-hetero) is 1. The van der Waals surface area contributed by atoms with E-state index in [0.717, 1.165) is 21.1 Å². The Morgan fingerprint density at radius 1 is 1.15 bits per heavy atom. The highest BCUT2D eigenvalue weighted by Crippen LogP contribution is 2.31. The van der Waals surface area contributed by atoms with Crippen molar-refractivity contribution in [3.63, 3.8) is 0 Å². The molecule has 0 aliphatic rings. The van der Waals surface area contributed by atoms with Gasteiger partial charge in [0.2, 0.25) is 5.89 Å². The van der Waals surface area contributed by atoms with Gasteiger partial charge in [0.15, 0.2) is 11.5 Å². The summed E-state index contributed by atoms with van der Waals surface area (Å²) in [6, 6.07) is 11.8. The van der Waals surface area contributed by atoms with Crippen LogP contribution in [0.2, 0.25) is 0 Å². The lowest BCUT2D eigenvalue weighted by Crippen LogP contribution is -1.83. The summed E-state index contributed by atoms with van der Waals surface area (Å²) in [6.07, 6.45) is 1.72. The number of thiophene rings is 1. The Kier molecular flexibility index (Phi) is 3.24. The second-order valence-corrected chi connectivity index (χ2v) is 5.70. The van der Waals surface area contributed by atoms with Crippen LogP contribution in [0.4, 0.5) is 0 Å². The molecule has 20 heavy (non-hydrogen) atoms. The first-order chi connectivity index (χ1) is 9.63. The molecule has 1 aromatic carbocycles. The summed E-state index contributed by atoms with van der Waals surface area (Å²) in [5.74, 6) is 1.35. The Morgan fingerprint density at radius 3 is 2.55 bits per heavy atom. The molecule has 0 saturated heterocycles. The van der Waals surface area contributed by atoms with E-state index in [-0.39, 0.29) is 5.78 Å². The van der Waals surface area contributed by atoms with E-state index in [2.05, 4.69) is 4.98 Å². The van der Waals surface area contributed by atoms with Crippen molar-refractivity contribution in [1.29, 1.82) is 0 Å². The third kappa shape index (κ3) is 2.42. The molecule has 100 valence electrons. The maximum absolute atomic E-state index is 11.3. The van der Waals surface area contributed by atoms with Crippen molar-refractivity contribution in [1.82, 2.24) is 4.98 Å². The first kappa shape index (κ1) is 12.8. The normalized spacial score (nSPS) is 10.7. The molecule has 2 aromatic heterocycles. The second kappa shape index (κ2) is 5.06. The van der Waals surface area contributed by atoms with Crippen molar-refractivity contribution in [3.8, 4) is 22.1 Å². The molecule has 0 aliphatic heterocycles. The number of carbonyl (C=O) groups is 1. The molecule has 0 N–H and O–H groups in total. The first-order valence-corrected chi connectivity index (χ1v) is 7.09. The summed E-state index contributed by atoms with van der Waals surface area (Å²) in [5, 5.41) is 0. The zero-order chi connectivity index (χ0) is 14.1. The number of benzene rings is 1. The van der Waals surface area contributed by atoms with Crippen LogP contribution in [-0.2, 0) is 0 Å². The zero-order valence-corrected chi connectivity index (χ0v) is 12.0. The number of rotatable bonds is 3. The topological polar surface area (TPSA) is 43.1 Å². The number of hydrogen-bond acceptors (Lipinski definition) is 4. The minimum atomic E-state index is 0.0616. The molecule has 0 amide bonds. The van der Waals surface area contributed by atoms with E-state index in [9.17, 15) is 4.79 Å². The number of aryl methyl sites for hydroxylation is 1. The highest BCUT2D eigenvalue weighted by Gasteiger charge is 2.12. The van der Waals surface area contributed by atoms with Crippen molar-refractivity contribution < 1.29 is 9.21 Å². The molecule has 0 unspecified atom stereocenters. The summed E-state index contributed by atoms with van der Waals surface area (Å²) in [7, 11) is 0. The van der Waals surface area contributed by atoms with E-state index in [0.29, 0.717) is 5.89 Å². The smallest absolute Gasteiger partial charge is 0.236 e. The maximum Gasteiger partial charge on any atom is 0.236 e. The monoisotopic (exact) mass is 283 g/mol. The molecule has 0 radical (unpaired) electrons. The predicted octanol–water partition coefficient (Wildman–Crippen LogP) is 4.58. The van der Waals surface area contributed by atoms with Crippen molar-refractivity contribution in [2.24, 2.45) is 0 Å². The van der Waals surface area contributed by atoms with Crippen LogP contribution in [0.5, 0.6) is 0 Å². The quantitative estimate of drug-likeness (QED) is 0.661. The van der Waals surface area contributed by atoms with E-state index >= 15 is 0 Å². The van der Waals surface area contributed by atoms with Gasteiger partial charge in [0.05, 0.1) is 16.0 Å². The van der Waals surface area contributed by atoms with E-state index in [4.69, 9.17) is 4.42 Å². The van der Waals surface area contributed by atoms with Gasteiger partial charge in [-0.25, -0.2) is 4.98 Å². The number of oxazole rings is 1. The molecule has 3 nitrogen and oxygen atoms in total. The molecule has 4 heteroatoms. The predicted molar refractivity (Wildman–Crippen MR) is 80.0 cm³/mol. The number of nitrogens with zero attached hydrogens (tertiary/aromatic N) is 1. The van der Waals surface area contributed by atoms with Crippen LogP contribution in [-0.4, -0.2) is 10.8 Å². The van der Waals surface area contributed by atoms with Crippen LogP contribution in [0.15, 0.2) is 47.0 Å². The van der Waals surface area contributed by atoms with Crippen molar-refractivity contribution in [2.45, 2.75) is 13.8 Å². The van der Waals surface area contributed by atoms with Gasteiger partial charge in [-0.15, -0.1) is 11.3 Å². The summed E-state index contributed by atoms with van der Waals surface area (Å²) in [4.78, 5) is 17.2. The lowest BCUT2D eigenvalue weighted by Gasteiger charge is -1.96. The van der Waals surface area contributed by atoms with Crippen LogP contribution >= 0.6 is 11.3 Å². The summed E-state index contributed by atoms with van der Waals surface area (Å²) in [6.45, 7) is 3.60. The van der Waals surface area contributed by atoms with Crippen LogP contribution in [0.25, 0.3) is 22.1 Å². The maximum atomic E-state index is 11.3. The van der Waals surface area contributed by atoms with Gasteiger partial charge in [0.1, 0.15) is 0 Å². The highest BCUT2D eigenvalue weighted by atomic mass is 32.1. The van der Waals surface area contributed by atoms with Crippen LogP contribution in [0.3, 0.4) is 0 Å². The molecule has 0 bridgehead atoms. The minimum Gasteiger partial charge on any atom is -0.435 e. The van der Waals surface area contributed by atoms with Crippen LogP contribution in [0.1, 0.15) is 22.2 Å². The van der Waals surface area contributed by atoms with E-state index in [1.807, 2.05) is 37.3 Å². The molecule has 0 aliphatic carbocycles. The summed E-state index contributed by atoms with van der Waals surface area (Å²) >= 11 is 1.40. The lowest BCUT2D eigenvalue weighted by atomic mass is 10.1. The SMILES string of the molecule is CC(=O)c1ccc(-c2ncc(-c3ccc(C)cc3)o2)s1. The minimum absolute atomic E-state index is 0.0616. The number of carbonyl (C=O) groups excluding carboxylic acids is 1. The van der Waals surface area contributed by atoms with Gasteiger partial charge in [-0.05, 0) is 26.0 Å². The lowest BCUT2D eigenvalue weighted by molar-refractivity contribution is 0.102. The summed E-state index contributed by atoms with van der Waals surface area (Å²) < 4.78 is 5.78. The zero-order valence-electron chi connectivity index (χ0n) is 11.2. The van der Waals surface area contributed by atoms with E-state index < -0.39 is 0 Å². The van der Waals surface area contributed by atoms with Crippen LogP contribution < -0.4 is 0 Å². The first-order valence-electron chi connectivity index (χ1n) is 6.27. The van der Waals surface area contributed by atoms with Gasteiger partial charge in [-0.1, -0.05) is 29.8 Å². The molecule has 2 heterocycles. The third-order valence-corrected chi connectivity index (χ3v) is 4.18. The molecule has 0 saturated carbocycles. The fourth-order valence-corrected chi connectivity index (χ4v) is 2.72. The Morgan fingerprint density at radius 2 is 1.90 bits per heavy atom. The molecule has 0 spiro atoms. The van der Waals surface area contributed by atoms with Gasteiger partial charge < -0.3 is 4.42 Å². The van der Waals surface area contributed by atoms with Crippen molar-refractivity contribution in [3.05, 3.63) is 53.0 Å². The summed E-state index contributed by atoms with van der Waals surface area (Å²) in [5.41, 5.74) is 2.20.